The molecule has 0 atom stereocenters. The van der Waals surface area contributed by atoms with E-state index < -0.39 is 17.3 Å². The van der Waals surface area contributed by atoms with Gasteiger partial charge in [-0.2, -0.15) is 23.4 Å². The number of nitrogens with zero attached hydrogens (tertiary/aromatic N) is 5. The quantitative estimate of drug-likeness (QED) is 0.615. The number of aromatic amines is 1. The van der Waals surface area contributed by atoms with Gasteiger partial charge in [0.2, 0.25) is 0 Å². The third-order valence-electron chi connectivity index (χ3n) is 4.61. The second kappa shape index (κ2) is 7.17. The Morgan fingerprint density at radius 1 is 1.17 bits per heavy atom. The summed E-state index contributed by atoms with van der Waals surface area (Å²) in [7, 11) is 3.57. The second-order valence-electron chi connectivity index (χ2n) is 6.67. The number of rotatable bonds is 3. The van der Waals surface area contributed by atoms with Crippen molar-refractivity contribution < 1.29 is 13.2 Å². The Morgan fingerprint density at radius 3 is 2.60 bits per heavy atom. The molecular formula is C18H15ClF3N7O. The van der Waals surface area contributed by atoms with Gasteiger partial charge < -0.3 is 9.88 Å². The lowest BCUT2D eigenvalue weighted by atomic mass is 10.0. The van der Waals surface area contributed by atoms with E-state index in [1.165, 1.54) is 6.07 Å². The minimum atomic E-state index is -4.62. The molecule has 0 fully saturated rings. The largest absolute Gasteiger partial charge is 0.417 e. The molecule has 156 valence electrons. The predicted octanol–water partition coefficient (Wildman–Crippen LogP) is 2.66. The highest BCUT2D eigenvalue weighted by Crippen LogP contribution is 2.33. The first-order valence-electron chi connectivity index (χ1n) is 8.67. The number of aromatic nitrogens is 4. The summed E-state index contributed by atoms with van der Waals surface area (Å²) in [5.41, 5.74) is 2.78. The van der Waals surface area contributed by atoms with Crippen LogP contribution in [0.1, 0.15) is 11.1 Å². The predicted molar refractivity (Wildman–Crippen MR) is 105 cm³/mol. The third kappa shape index (κ3) is 3.52. The van der Waals surface area contributed by atoms with E-state index in [0.29, 0.717) is 35.5 Å². The topological polar surface area (TPSA) is 91.2 Å². The number of H-pyrrole nitrogens is 1. The highest BCUT2D eigenvalue weighted by Gasteiger charge is 2.32. The maximum atomic E-state index is 13.1. The Labute approximate surface area is 173 Å². The number of nitrogens with one attached hydrogen (secondary N) is 2. The Hall–Kier alpha value is -3.34. The van der Waals surface area contributed by atoms with Crippen LogP contribution in [0.4, 0.5) is 13.2 Å². The fourth-order valence-corrected chi connectivity index (χ4v) is 3.40. The molecule has 2 N–H and O–H groups in total. The van der Waals surface area contributed by atoms with Gasteiger partial charge in [0.1, 0.15) is 11.8 Å². The van der Waals surface area contributed by atoms with Crippen LogP contribution < -0.4 is 11.0 Å². The van der Waals surface area contributed by atoms with Gasteiger partial charge in [0.15, 0.2) is 5.84 Å². The van der Waals surface area contributed by atoms with Gasteiger partial charge >= 0.3 is 6.18 Å². The molecule has 0 unspecified atom stereocenters. The van der Waals surface area contributed by atoms with Crippen molar-refractivity contribution in [2.75, 3.05) is 13.7 Å². The molecule has 1 aliphatic heterocycles. The van der Waals surface area contributed by atoms with E-state index in [2.05, 4.69) is 25.6 Å². The minimum Gasteiger partial charge on any atom is -0.339 e. The fraction of sp³-hybridized carbons (Fsp3) is 0.222. The standard InChI is InChI=1S/C18H15ClF3N7O/c1-28-8-24-27-16(28)12-7-25-29(2)15(12)9-3-13(26-14(19)4-9)11-5-10(18(20,21)22)6-23-17(11)30/h3-7,24H,8H2,1-2H3,(H,23,30). The molecule has 30 heavy (non-hydrogen) atoms. The van der Waals surface area contributed by atoms with Crippen molar-refractivity contribution in [3.8, 4) is 22.5 Å². The van der Waals surface area contributed by atoms with Crippen molar-refractivity contribution in [2.45, 2.75) is 6.18 Å². The van der Waals surface area contributed by atoms with Gasteiger partial charge in [-0.05, 0) is 18.2 Å². The van der Waals surface area contributed by atoms with Crippen molar-refractivity contribution in [3.63, 3.8) is 0 Å². The van der Waals surface area contributed by atoms with Crippen LogP contribution in [-0.4, -0.2) is 44.2 Å². The van der Waals surface area contributed by atoms with E-state index >= 15 is 0 Å². The first-order valence-corrected chi connectivity index (χ1v) is 9.05. The molecule has 0 amide bonds. The molecule has 0 spiro atoms. The summed E-state index contributed by atoms with van der Waals surface area (Å²) < 4.78 is 40.9. The van der Waals surface area contributed by atoms with E-state index in [0.717, 1.165) is 6.07 Å². The smallest absolute Gasteiger partial charge is 0.339 e. The molecule has 0 saturated carbocycles. The average Bonchev–Trinajstić information content (AvgIpc) is 3.25. The maximum Gasteiger partial charge on any atom is 0.417 e. The van der Waals surface area contributed by atoms with E-state index in [4.69, 9.17) is 11.6 Å². The Bertz CT molecular complexity index is 1220. The number of hydrogen-bond donors (Lipinski definition) is 2. The van der Waals surface area contributed by atoms with Gasteiger partial charge in [-0.15, -0.1) is 0 Å². The van der Waals surface area contributed by atoms with Crippen molar-refractivity contribution in [1.29, 1.82) is 0 Å². The Morgan fingerprint density at radius 2 is 1.93 bits per heavy atom. The SMILES string of the molecule is CN1CNN=C1c1cnn(C)c1-c1cc(Cl)nc(-c2cc(C(F)(F)F)c[nH]c2=O)c1. The van der Waals surface area contributed by atoms with E-state index in [1.54, 1.807) is 24.0 Å². The van der Waals surface area contributed by atoms with Crippen molar-refractivity contribution in [2.24, 2.45) is 12.1 Å². The first kappa shape index (κ1) is 20.0. The van der Waals surface area contributed by atoms with Crippen LogP contribution in [0.5, 0.6) is 0 Å². The number of halogens is 4. The Balaban J connectivity index is 1.88. The van der Waals surface area contributed by atoms with Gasteiger partial charge in [-0.1, -0.05) is 11.6 Å². The van der Waals surface area contributed by atoms with E-state index in [-0.39, 0.29) is 16.4 Å². The number of hydrogen-bond acceptors (Lipinski definition) is 6. The monoisotopic (exact) mass is 437 g/mol. The zero-order chi connectivity index (χ0) is 21.6. The highest BCUT2D eigenvalue weighted by molar-refractivity contribution is 6.29. The number of hydrazone groups is 1. The number of amidine groups is 1. The zero-order valence-corrected chi connectivity index (χ0v) is 16.5. The van der Waals surface area contributed by atoms with Gasteiger partial charge in [0, 0.05) is 25.9 Å². The summed E-state index contributed by atoms with van der Waals surface area (Å²) in [5.74, 6) is 0.643. The summed E-state index contributed by atoms with van der Waals surface area (Å²) in [6, 6.07) is 3.81. The van der Waals surface area contributed by atoms with Gasteiger partial charge in [0.05, 0.1) is 34.3 Å². The molecule has 0 bridgehead atoms. The summed E-state index contributed by atoms with van der Waals surface area (Å²) in [4.78, 5) is 20.3. The lowest BCUT2D eigenvalue weighted by molar-refractivity contribution is -0.137. The summed E-state index contributed by atoms with van der Waals surface area (Å²) >= 11 is 6.16. The molecule has 3 aromatic heterocycles. The molecular weight excluding hydrogens is 423 g/mol. The van der Waals surface area contributed by atoms with Crippen LogP contribution in [0.25, 0.3) is 22.5 Å². The number of alkyl halides is 3. The lowest BCUT2D eigenvalue weighted by Crippen LogP contribution is -2.25. The number of aryl methyl sites for hydroxylation is 1. The molecule has 4 heterocycles. The van der Waals surface area contributed by atoms with Crippen LogP contribution in [0.3, 0.4) is 0 Å². The second-order valence-corrected chi connectivity index (χ2v) is 7.06. The van der Waals surface area contributed by atoms with Crippen LogP contribution >= 0.6 is 11.6 Å². The normalized spacial score (nSPS) is 14.1. The van der Waals surface area contributed by atoms with E-state index in [9.17, 15) is 18.0 Å². The lowest BCUT2D eigenvalue weighted by Gasteiger charge is -2.14. The van der Waals surface area contributed by atoms with Gasteiger partial charge in [-0.3, -0.25) is 14.9 Å². The summed E-state index contributed by atoms with van der Waals surface area (Å²) in [5, 5.41) is 8.54. The molecule has 0 aromatic carbocycles. The number of pyridine rings is 2. The van der Waals surface area contributed by atoms with Crippen molar-refractivity contribution >= 4 is 17.4 Å². The first-order chi connectivity index (χ1) is 14.1. The minimum absolute atomic E-state index is 0.0110. The zero-order valence-electron chi connectivity index (χ0n) is 15.8. The molecule has 8 nitrogen and oxygen atoms in total. The van der Waals surface area contributed by atoms with Crippen LogP contribution in [0.15, 0.2) is 40.5 Å². The molecule has 4 rings (SSSR count). The van der Waals surface area contributed by atoms with Crippen molar-refractivity contribution in [1.82, 2.24) is 30.1 Å². The van der Waals surface area contributed by atoms with Gasteiger partial charge in [0.25, 0.3) is 5.56 Å². The Kier molecular flexibility index (Phi) is 4.77. The van der Waals surface area contributed by atoms with Crippen LogP contribution in [0.2, 0.25) is 5.15 Å². The van der Waals surface area contributed by atoms with Crippen LogP contribution in [-0.2, 0) is 13.2 Å². The van der Waals surface area contributed by atoms with Crippen LogP contribution in [0, 0.1) is 0 Å². The van der Waals surface area contributed by atoms with E-state index in [1.807, 2.05) is 11.9 Å². The molecule has 0 radical (unpaired) electrons. The molecule has 0 saturated heterocycles. The molecule has 1 aliphatic rings. The molecule has 0 aliphatic carbocycles. The summed E-state index contributed by atoms with van der Waals surface area (Å²) in [6.07, 6.45) is -2.37. The molecule has 12 heteroatoms. The average molecular weight is 438 g/mol. The highest BCUT2D eigenvalue weighted by atomic mass is 35.5. The third-order valence-corrected chi connectivity index (χ3v) is 4.80. The maximum absolute atomic E-state index is 13.1. The van der Waals surface area contributed by atoms with Crippen molar-refractivity contribution in [3.05, 3.63) is 57.2 Å². The summed E-state index contributed by atoms with van der Waals surface area (Å²) in [6.45, 7) is 0.519. The van der Waals surface area contributed by atoms with Gasteiger partial charge in [-0.25, -0.2) is 4.98 Å². The molecule has 3 aromatic rings. The fourth-order valence-electron chi connectivity index (χ4n) is 3.20.